The summed E-state index contributed by atoms with van der Waals surface area (Å²) in [4.78, 5) is 0. The van der Waals surface area contributed by atoms with Crippen molar-refractivity contribution in [1.82, 2.24) is 10.6 Å². The fraction of sp³-hybridized carbons (Fsp3) is 1.00. The largest absolute Gasteiger partial charge is 0.317 e. The molecule has 0 aliphatic carbocycles. The van der Waals surface area contributed by atoms with Crippen molar-refractivity contribution in [2.24, 2.45) is 0 Å². The topological polar surface area (TPSA) is 24.1 Å². The molecule has 0 aromatic carbocycles. The number of nitrogens with one attached hydrogen (secondary N) is 2. The van der Waals surface area contributed by atoms with Crippen LogP contribution >= 0.6 is 0 Å². The predicted octanol–water partition coefficient (Wildman–Crippen LogP) is 0.841. The van der Waals surface area contributed by atoms with E-state index in [1.807, 2.05) is 6.92 Å². The average molecular weight is 166 g/mol. The number of halogens is 2. The maximum absolute atomic E-state index is 11.5. The SMILES string of the molecule is CCNCCCNCC(F)F. The van der Waals surface area contributed by atoms with Gasteiger partial charge in [0.1, 0.15) is 0 Å². The molecule has 11 heavy (non-hydrogen) atoms. The van der Waals surface area contributed by atoms with Crippen molar-refractivity contribution in [2.45, 2.75) is 19.8 Å². The molecule has 0 rings (SSSR count). The van der Waals surface area contributed by atoms with Crippen LogP contribution in [0.1, 0.15) is 13.3 Å². The van der Waals surface area contributed by atoms with Gasteiger partial charge in [-0.1, -0.05) is 6.92 Å². The lowest BCUT2D eigenvalue weighted by molar-refractivity contribution is 0.146. The molecule has 4 heteroatoms. The summed E-state index contributed by atoms with van der Waals surface area (Å²) in [5.41, 5.74) is 0. The summed E-state index contributed by atoms with van der Waals surface area (Å²) >= 11 is 0. The van der Waals surface area contributed by atoms with E-state index < -0.39 is 6.43 Å². The van der Waals surface area contributed by atoms with Crippen LogP contribution in [0.3, 0.4) is 0 Å². The first-order chi connectivity index (χ1) is 5.27. The summed E-state index contributed by atoms with van der Waals surface area (Å²) < 4.78 is 23.1. The summed E-state index contributed by atoms with van der Waals surface area (Å²) in [6, 6.07) is 0. The van der Waals surface area contributed by atoms with E-state index in [2.05, 4.69) is 10.6 Å². The standard InChI is InChI=1S/C7H16F2N2/c1-2-10-4-3-5-11-6-7(8)9/h7,10-11H,2-6H2,1H3. The van der Waals surface area contributed by atoms with Crippen LogP contribution in [0.25, 0.3) is 0 Å². The van der Waals surface area contributed by atoms with Crippen LogP contribution in [-0.4, -0.2) is 32.6 Å². The third kappa shape index (κ3) is 9.78. The molecule has 0 spiro atoms. The van der Waals surface area contributed by atoms with E-state index in [4.69, 9.17) is 0 Å². The van der Waals surface area contributed by atoms with Gasteiger partial charge in [0.15, 0.2) is 0 Å². The van der Waals surface area contributed by atoms with Gasteiger partial charge in [0, 0.05) is 0 Å². The van der Waals surface area contributed by atoms with Crippen LogP contribution in [0.4, 0.5) is 8.78 Å². The highest BCUT2D eigenvalue weighted by Gasteiger charge is 1.98. The van der Waals surface area contributed by atoms with E-state index in [1.165, 1.54) is 0 Å². The van der Waals surface area contributed by atoms with E-state index in [-0.39, 0.29) is 6.54 Å². The second-order valence-corrected chi connectivity index (χ2v) is 2.30. The van der Waals surface area contributed by atoms with Gasteiger partial charge >= 0.3 is 0 Å². The highest BCUT2D eigenvalue weighted by Crippen LogP contribution is 1.87. The van der Waals surface area contributed by atoms with Gasteiger partial charge in [-0.2, -0.15) is 0 Å². The minimum atomic E-state index is -2.23. The lowest BCUT2D eigenvalue weighted by Gasteiger charge is -2.03. The molecule has 2 nitrogen and oxygen atoms in total. The first kappa shape index (κ1) is 10.8. The molecule has 0 bridgehead atoms. The van der Waals surface area contributed by atoms with Crippen molar-refractivity contribution in [3.05, 3.63) is 0 Å². The summed E-state index contributed by atoms with van der Waals surface area (Å²) in [5.74, 6) is 0. The number of hydrogen-bond acceptors (Lipinski definition) is 2. The van der Waals surface area contributed by atoms with Crippen LogP contribution in [0, 0.1) is 0 Å². The minimum Gasteiger partial charge on any atom is -0.317 e. The molecule has 0 aliphatic heterocycles. The molecule has 68 valence electrons. The van der Waals surface area contributed by atoms with Gasteiger partial charge in [-0.25, -0.2) is 8.78 Å². The third-order valence-corrected chi connectivity index (χ3v) is 1.26. The Balaban J connectivity index is 2.80. The van der Waals surface area contributed by atoms with Gasteiger partial charge in [-0.15, -0.1) is 0 Å². The first-order valence-corrected chi connectivity index (χ1v) is 3.97. The van der Waals surface area contributed by atoms with Crippen molar-refractivity contribution >= 4 is 0 Å². The predicted molar refractivity (Wildman–Crippen MR) is 42.0 cm³/mol. The Hall–Kier alpha value is -0.220. The molecule has 0 atom stereocenters. The lowest BCUT2D eigenvalue weighted by atomic mass is 10.4. The molecule has 0 aromatic rings. The van der Waals surface area contributed by atoms with Crippen molar-refractivity contribution in [2.75, 3.05) is 26.2 Å². The van der Waals surface area contributed by atoms with Crippen molar-refractivity contribution < 1.29 is 8.78 Å². The summed E-state index contributed by atoms with van der Waals surface area (Å²) in [7, 11) is 0. The van der Waals surface area contributed by atoms with Gasteiger partial charge in [-0.05, 0) is 26.1 Å². The second kappa shape index (κ2) is 7.88. The van der Waals surface area contributed by atoms with Gasteiger partial charge in [0.2, 0.25) is 0 Å². The zero-order chi connectivity index (χ0) is 8.53. The Kier molecular flexibility index (Phi) is 7.72. The Labute approximate surface area is 66.4 Å². The normalized spacial score (nSPS) is 10.9. The van der Waals surface area contributed by atoms with Crippen LogP contribution in [-0.2, 0) is 0 Å². The maximum atomic E-state index is 11.5. The van der Waals surface area contributed by atoms with E-state index in [0.717, 1.165) is 19.5 Å². The molecule has 0 unspecified atom stereocenters. The third-order valence-electron chi connectivity index (χ3n) is 1.26. The molecule has 0 radical (unpaired) electrons. The fourth-order valence-electron chi connectivity index (χ4n) is 0.726. The summed E-state index contributed by atoms with van der Waals surface area (Å²) in [6.45, 7) is 4.33. The molecule has 0 fully saturated rings. The monoisotopic (exact) mass is 166 g/mol. The second-order valence-electron chi connectivity index (χ2n) is 2.30. The number of rotatable bonds is 7. The molecular weight excluding hydrogens is 150 g/mol. The van der Waals surface area contributed by atoms with Crippen LogP contribution < -0.4 is 10.6 Å². The molecule has 0 aliphatic rings. The smallest absolute Gasteiger partial charge is 0.250 e. The van der Waals surface area contributed by atoms with Gasteiger partial charge < -0.3 is 10.6 Å². The number of hydrogen-bond donors (Lipinski definition) is 2. The number of alkyl halides is 2. The first-order valence-electron chi connectivity index (χ1n) is 3.97. The highest BCUT2D eigenvalue weighted by molar-refractivity contribution is 4.51. The Morgan fingerprint density at radius 2 is 1.82 bits per heavy atom. The quantitative estimate of drug-likeness (QED) is 0.548. The molecule has 0 heterocycles. The average Bonchev–Trinajstić information content (AvgIpc) is 1.96. The molecule has 2 N–H and O–H groups in total. The maximum Gasteiger partial charge on any atom is 0.250 e. The van der Waals surface area contributed by atoms with E-state index in [1.54, 1.807) is 0 Å². The van der Waals surface area contributed by atoms with Crippen molar-refractivity contribution in [3.63, 3.8) is 0 Å². The van der Waals surface area contributed by atoms with Crippen LogP contribution in [0.15, 0.2) is 0 Å². The van der Waals surface area contributed by atoms with Crippen LogP contribution in [0.2, 0.25) is 0 Å². The minimum absolute atomic E-state index is 0.188. The summed E-state index contributed by atoms with van der Waals surface area (Å²) in [6.07, 6.45) is -1.32. The van der Waals surface area contributed by atoms with Crippen molar-refractivity contribution in [3.8, 4) is 0 Å². The molecule has 0 aromatic heterocycles. The molecular formula is C7H16F2N2. The van der Waals surface area contributed by atoms with Gasteiger partial charge in [0.05, 0.1) is 6.54 Å². The Morgan fingerprint density at radius 1 is 1.18 bits per heavy atom. The molecule has 0 saturated heterocycles. The lowest BCUT2D eigenvalue weighted by Crippen LogP contribution is -2.25. The van der Waals surface area contributed by atoms with E-state index in [9.17, 15) is 8.78 Å². The van der Waals surface area contributed by atoms with Crippen molar-refractivity contribution in [1.29, 1.82) is 0 Å². The zero-order valence-electron chi connectivity index (χ0n) is 6.87. The van der Waals surface area contributed by atoms with E-state index in [0.29, 0.717) is 6.54 Å². The Bertz CT molecular complexity index is 78.8. The summed E-state index contributed by atoms with van der Waals surface area (Å²) in [5, 5.41) is 5.76. The van der Waals surface area contributed by atoms with Gasteiger partial charge in [0.25, 0.3) is 6.43 Å². The Morgan fingerprint density at radius 3 is 2.36 bits per heavy atom. The molecule has 0 saturated carbocycles. The van der Waals surface area contributed by atoms with E-state index >= 15 is 0 Å². The molecule has 0 amide bonds. The van der Waals surface area contributed by atoms with Gasteiger partial charge in [-0.3, -0.25) is 0 Å². The van der Waals surface area contributed by atoms with Crippen LogP contribution in [0.5, 0.6) is 0 Å². The fourth-order valence-corrected chi connectivity index (χ4v) is 0.726. The highest BCUT2D eigenvalue weighted by atomic mass is 19.3. The zero-order valence-corrected chi connectivity index (χ0v) is 6.87.